The Balaban J connectivity index is 2.03. The second-order valence-electron chi connectivity index (χ2n) is 7.72. The quantitative estimate of drug-likeness (QED) is 0.257. The lowest BCUT2D eigenvalue weighted by Crippen LogP contribution is -2.06. The van der Waals surface area contributed by atoms with E-state index in [1.54, 1.807) is 7.11 Å². The van der Waals surface area contributed by atoms with Crippen LogP contribution in [0, 0.1) is 0 Å². The SMILES string of the molecule is CCc1c2ccccc2c(CC)c2cc(-c3cc(OC)c(OC)c(C(=O)OC)c3)ccc12. The highest BCUT2D eigenvalue weighted by molar-refractivity contribution is 6.07. The molecule has 0 aliphatic carbocycles. The minimum Gasteiger partial charge on any atom is -0.493 e. The van der Waals surface area contributed by atoms with E-state index >= 15 is 0 Å². The second-order valence-corrected chi connectivity index (χ2v) is 7.72. The second kappa shape index (κ2) is 8.91. The lowest BCUT2D eigenvalue weighted by Gasteiger charge is -2.17. The Morgan fingerprint density at radius 1 is 0.719 bits per heavy atom. The van der Waals surface area contributed by atoms with Gasteiger partial charge in [-0.25, -0.2) is 4.79 Å². The van der Waals surface area contributed by atoms with Crippen LogP contribution in [0.25, 0.3) is 32.7 Å². The standard InChI is InChI=1S/C28H28O4/c1-6-19-21-10-8-9-11-22(21)20(7-2)24-14-17(12-13-23(19)24)18-15-25(28(29)32-5)27(31-4)26(16-18)30-3/h8-16H,6-7H2,1-5H3. The van der Waals surface area contributed by atoms with E-state index in [1.807, 2.05) is 12.1 Å². The number of methoxy groups -OCH3 is 3. The molecule has 4 aromatic rings. The summed E-state index contributed by atoms with van der Waals surface area (Å²) in [5.41, 5.74) is 4.92. The van der Waals surface area contributed by atoms with Crippen molar-refractivity contribution in [1.29, 1.82) is 0 Å². The predicted octanol–water partition coefficient (Wildman–Crippen LogP) is 6.59. The topological polar surface area (TPSA) is 44.8 Å². The summed E-state index contributed by atoms with van der Waals surface area (Å²) in [5, 5.41) is 5.15. The molecule has 0 heterocycles. The van der Waals surface area contributed by atoms with E-state index in [0.29, 0.717) is 17.1 Å². The minimum absolute atomic E-state index is 0.341. The van der Waals surface area contributed by atoms with Crippen LogP contribution in [0.2, 0.25) is 0 Å². The highest BCUT2D eigenvalue weighted by Gasteiger charge is 2.20. The largest absolute Gasteiger partial charge is 0.493 e. The molecule has 0 aliphatic heterocycles. The molecule has 0 aliphatic rings. The summed E-state index contributed by atoms with van der Waals surface area (Å²) >= 11 is 0. The minimum atomic E-state index is -0.462. The first kappa shape index (κ1) is 21.7. The lowest BCUT2D eigenvalue weighted by atomic mass is 9.88. The van der Waals surface area contributed by atoms with Crippen LogP contribution in [0.3, 0.4) is 0 Å². The summed E-state index contributed by atoms with van der Waals surface area (Å²) in [6, 6.07) is 18.9. The van der Waals surface area contributed by atoms with Gasteiger partial charge in [0.2, 0.25) is 0 Å². The van der Waals surface area contributed by atoms with Crippen molar-refractivity contribution in [3.05, 3.63) is 71.3 Å². The Labute approximate surface area is 188 Å². The number of hydrogen-bond acceptors (Lipinski definition) is 4. The molecule has 0 bridgehead atoms. The number of carbonyl (C=O) groups excluding carboxylic acids is 1. The van der Waals surface area contributed by atoms with Crippen molar-refractivity contribution in [1.82, 2.24) is 0 Å². The van der Waals surface area contributed by atoms with Gasteiger partial charge in [-0.05, 0) is 74.8 Å². The van der Waals surface area contributed by atoms with Crippen molar-refractivity contribution in [2.75, 3.05) is 21.3 Å². The molecule has 4 nitrogen and oxygen atoms in total. The van der Waals surface area contributed by atoms with E-state index in [0.717, 1.165) is 24.0 Å². The first-order chi connectivity index (χ1) is 15.6. The fourth-order valence-corrected chi connectivity index (χ4v) is 4.69. The maximum atomic E-state index is 12.4. The van der Waals surface area contributed by atoms with Crippen molar-refractivity contribution in [3.8, 4) is 22.6 Å². The van der Waals surface area contributed by atoms with Crippen LogP contribution >= 0.6 is 0 Å². The molecular formula is C28H28O4. The summed E-state index contributed by atoms with van der Waals surface area (Å²) in [5.74, 6) is 0.405. The fraction of sp³-hybridized carbons (Fsp3) is 0.250. The number of aryl methyl sites for hydroxylation is 2. The molecule has 0 fully saturated rings. The molecule has 0 atom stereocenters. The number of rotatable bonds is 6. The number of fused-ring (bicyclic) bond motifs is 2. The van der Waals surface area contributed by atoms with Crippen molar-refractivity contribution in [2.24, 2.45) is 0 Å². The zero-order valence-electron chi connectivity index (χ0n) is 19.2. The Morgan fingerprint density at radius 3 is 1.91 bits per heavy atom. The third kappa shape index (κ3) is 3.46. The molecule has 0 aromatic heterocycles. The average molecular weight is 429 g/mol. The van der Waals surface area contributed by atoms with Gasteiger partial charge in [0.1, 0.15) is 5.56 Å². The van der Waals surface area contributed by atoms with Gasteiger partial charge in [0.05, 0.1) is 21.3 Å². The summed E-state index contributed by atoms with van der Waals surface area (Å²) in [7, 11) is 4.45. The molecule has 32 heavy (non-hydrogen) atoms. The third-order valence-corrected chi connectivity index (χ3v) is 6.17. The van der Waals surface area contributed by atoms with Gasteiger partial charge in [-0.15, -0.1) is 0 Å². The van der Waals surface area contributed by atoms with Gasteiger partial charge in [0.15, 0.2) is 11.5 Å². The van der Waals surface area contributed by atoms with E-state index in [-0.39, 0.29) is 0 Å². The van der Waals surface area contributed by atoms with E-state index < -0.39 is 5.97 Å². The summed E-state index contributed by atoms with van der Waals surface area (Å²) < 4.78 is 15.9. The maximum absolute atomic E-state index is 12.4. The van der Waals surface area contributed by atoms with Crippen LogP contribution in [0.1, 0.15) is 35.3 Å². The monoisotopic (exact) mass is 428 g/mol. The molecule has 0 saturated carbocycles. The van der Waals surface area contributed by atoms with E-state index in [4.69, 9.17) is 14.2 Å². The molecule has 164 valence electrons. The molecule has 4 heteroatoms. The highest BCUT2D eigenvalue weighted by atomic mass is 16.5. The molecule has 0 N–H and O–H groups in total. The number of carbonyl (C=O) groups is 1. The third-order valence-electron chi connectivity index (χ3n) is 6.17. The maximum Gasteiger partial charge on any atom is 0.341 e. The molecule has 0 spiro atoms. The first-order valence-corrected chi connectivity index (χ1v) is 10.9. The molecule has 4 rings (SSSR count). The molecule has 4 aromatic carbocycles. The van der Waals surface area contributed by atoms with Crippen LogP contribution in [-0.4, -0.2) is 27.3 Å². The molecular weight excluding hydrogens is 400 g/mol. The Kier molecular flexibility index (Phi) is 6.04. The highest BCUT2D eigenvalue weighted by Crippen LogP contribution is 2.40. The molecule has 0 amide bonds. The van der Waals surface area contributed by atoms with Gasteiger partial charge in [-0.1, -0.05) is 50.2 Å². The van der Waals surface area contributed by atoms with E-state index in [1.165, 1.54) is 46.9 Å². The lowest BCUT2D eigenvalue weighted by molar-refractivity contribution is 0.0596. The summed E-state index contributed by atoms with van der Waals surface area (Å²) in [6.07, 6.45) is 1.90. The summed E-state index contributed by atoms with van der Waals surface area (Å²) in [4.78, 5) is 12.4. The van der Waals surface area contributed by atoms with E-state index in [9.17, 15) is 4.79 Å². The predicted molar refractivity (Wildman–Crippen MR) is 130 cm³/mol. The van der Waals surface area contributed by atoms with Crippen LogP contribution in [0.15, 0.2) is 54.6 Å². The Bertz CT molecular complexity index is 1320. The first-order valence-electron chi connectivity index (χ1n) is 10.9. The van der Waals surface area contributed by atoms with Gasteiger partial charge >= 0.3 is 5.97 Å². The zero-order valence-corrected chi connectivity index (χ0v) is 19.2. The van der Waals surface area contributed by atoms with Crippen molar-refractivity contribution in [3.63, 3.8) is 0 Å². The number of ether oxygens (including phenoxy) is 3. The average Bonchev–Trinajstić information content (AvgIpc) is 2.85. The number of esters is 1. The Morgan fingerprint density at radius 2 is 1.34 bits per heavy atom. The van der Waals surface area contributed by atoms with Crippen molar-refractivity contribution >= 4 is 27.5 Å². The van der Waals surface area contributed by atoms with Crippen LogP contribution < -0.4 is 9.47 Å². The molecule has 0 unspecified atom stereocenters. The van der Waals surface area contributed by atoms with Crippen LogP contribution in [-0.2, 0) is 17.6 Å². The number of benzene rings is 4. The van der Waals surface area contributed by atoms with E-state index in [2.05, 4.69) is 56.3 Å². The fourth-order valence-electron chi connectivity index (χ4n) is 4.69. The van der Waals surface area contributed by atoms with Gasteiger partial charge in [0, 0.05) is 0 Å². The van der Waals surface area contributed by atoms with Crippen LogP contribution in [0.4, 0.5) is 0 Å². The smallest absolute Gasteiger partial charge is 0.341 e. The van der Waals surface area contributed by atoms with Gasteiger partial charge in [0.25, 0.3) is 0 Å². The van der Waals surface area contributed by atoms with Gasteiger partial charge in [-0.3, -0.25) is 0 Å². The normalized spacial score (nSPS) is 11.0. The van der Waals surface area contributed by atoms with Crippen molar-refractivity contribution in [2.45, 2.75) is 26.7 Å². The summed E-state index contributed by atoms with van der Waals surface area (Å²) in [6.45, 7) is 4.41. The molecule has 0 saturated heterocycles. The van der Waals surface area contributed by atoms with Crippen molar-refractivity contribution < 1.29 is 19.0 Å². The molecule has 0 radical (unpaired) electrons. The van der Waals surface area contributed by atoms with Gasteiger partial charge in [-0.2, -0.15) is 0 Å². The Hall–Kier alpha value is -3.53. The van der Waals surface area contributed by atoms with Crippen LogP contribution in [0.5, 0.6) is 11.5 Å². The zero-order chi connectivity index (χ0) is 22.8. The van der Waals surface area contributed by atoms with Gasteiger partial charge < -0.3 is 14.2 Å². The number of hydrogen-bond donors (Lipinski definition) is 0.